The minimum absolute atomic E-state index is 0.0828. The molecule has 0 aliphatic carbocycles. The molecule has 27 heavy (non-hydrogen) atoms. The number of aromatic nitrogens is 3. The van der Waals surface area contributed by atoms with Crippen LogP contribution in [0, 0.1) is 6.92 Å². The van der Waals surface area contributed by atoms with Crippen LogP contribution in [0.15, 0.2) is 47.5 Å². The third-order valence-electron chi connectivity index (χ3n) is 4.39. The predicted molar refractivity (Wildman–Crippen MR) is 99.8 cm³/mol. The minimum atomic E-state index is -0.986. The molecule has 0 fully saturated rings. The second kappa shape index (κ2) is 6.51. The molecular weight excluding hydrogens is 368 g/mol. The number of aryl methyl sites for hydroxylation is 1. The molecule has 4 rings (SSSR count). The lowest BCUT2D eigenvalue weighted by atomic mass is 10.00. The molecule has 0 unspecified atom stereocenters. The number of nitrogens with zero attached hydrogens (tertiary/aromatic N) is 4. The zero-order chi connectivity index (χ0) is 19.1. The number of hydrogen-bond acceptors (Lipinski definition) is 5. The van der Waals surface area contributed by atoms with E-state index in [9.17, 15) is 15.0 Å². The Bertz CT molecular complexity index is 1070. The van der Waals surface area contributed by atoms with Gasteiger partial charge in [0.15, 0.2) is 5.82 Å². The third kappa shape index (κ3) is 3.06. The Labute approximate surface area is 159 Å². The van der Waals surface area contributed by atoms with E-state index in [1.54, 1.807) is 41.8 Å². The number of aromatic hydroxyl groups is 1. The number of benzene rings is 2. The van der Waals surface area contributed by atoms with Crippen LogP contribution in [-0.4, -0.2) is 36.7 Å². The number of hydrogen-bond donors (Lipinski definition) is 2. The molecule has 0 radical (unpaired) electrons. The number of phenolic OH excluding ortho intramolecular Hbond substituents is 1. The summed E-state index contributed by atoms with van der Waals surface area (Å²) in [6, 6.07) is 11.3. The van der Waals surface area contributed by atoms with Crippen molar-refractivity contribution in [1.82, 2.24) is 14.8 Å². The van der Waals surface area contributed by atoms with Gasteiger partial charge in [-0.25, -0.2) is 0 Å². The number of carbonyl (C=O) groups is 1. The van der Waals surface area contributed by atoms with Crippen LogP contribution in [0.2, 0.25) is 5.02 Å². The first-order valence-corrected chi connectivity index (χ1v) is 8.63. The fraction of sp³-hybridized carbons (Fsp3) is 0.158. The molecular formula is C19H15ClN4O3. The van der Waals surface area contributed by atoms with Crippen molar-refractivity contribution in [3.8, 4) is 11.4 Å². The molecule has 1 aliphatic heterocycles. The van der Waals surface area contributed by atoms with E-state index >= 15 is 0 Å². The van der Waals surface area contributed by atoms with E-state index in [0.717, 1.165) is 11.3 Å². The van der Waals surface area contributed by atoms with Crippen LogP contribution >= 0.6 is 11.6 Å². The summed E-state index contributed by atoms with van der Waals surface area (Å²) in [7, 11) is 0. The highest BCUT2D eigenvalue weighted by Gasteiger charge is 2.29. The highest BCUT2D eigenvalue weighted by atomic mass is 35.5. The molecule has 1 aliphatic rings. The van der Waals surface area contributed by atoms with Crippen molar-refractivity contribution in [3.63, 3.8) is 0 Å². The van der Waals surface area contributed by atoms with Crippen molar-refractivity contribution >= 4 is 23.3 Å². The first-order valence-electron chi connectivity index (χ1n) is 8.25. The highest BCUT2D eigenvalue weighted by Crippen LogP contribution is 2.34. The molecule has 0 saturated heterocycles. The normalized spacial score (nSPS) is 15.5. The van der Waals surface area contributed by atoms with Crippen LogP contribution in [0.5, 0.6) is 5.75 Å². The van der Waals surface area contributed by atoms with Crippen molar-refractivity contribution < 1.29 is 15.0 Å². The van der Waals surface area contributed by atoms with Gasteiger partial charge in [-0.3, -0.25) is 14.4 Å². The monoisotopic (exact) mass is 382 g/mol. The molecule has 1 aromatic heterocycles. The molecule has 7 nitrogen and oxygen atoms in total. The van der Waals surface area contributed by atoms with Crippen molar-refractivity contribution in [2.75, 3.05) is 0 Å². The van der Waals surface area contributed by atoms with E-state index in [2.05, 4.69) is 10.2 Å². The number of carboxylic acids is 1. The van der Waals surface area contributed by atoms with E-state index in [4.69, 9.17) is 16.6 Å². The molecule has 136 valence electrons. The first-order chi connectivity index (χ1) is 12.9. The van der Waals surface area contributed by atoms with Gasteiger partial charge >= 0.3 is 5.97 Å². The quantitative estimate of drug-likeness (QED) is 0.723. The summed E-state index contributed by atoms with van der Waals surface area (Å²) in [6.07, 6.45) is -0.227. The summed E-state index contributed by atoms with van der Waals surface area (Å²) in [5, 5.41) is 28.3. The lowest BCUT2D eigenvalue weighted by Crippen LogP contribution is -2.10. The van der Waals surface area contributed by atoms with Crippen LogP contribution in [0.3, 0.4) is 0 Å². The van der Waals surface area contributed by atoms with Gasteiger partial charge in [0.2, 0.25) is 0 Å². The summed E-state index contributed by atoms with van der Waals surface area (Å²) in [4.78, 5) is 16.1. The number of rotatable bonds is 3. The molecule has 0 amide bonds. The van der Waals surface area contributed by atoms with Crippen molar-refractivity contribution in [1.29, 1.82) is 0 Å². The fourth-order valence-electron chi connectivity index (χ4n) is 3.22. The molecule has 3 aromatic rings. The Balaban J connectivity index is 2.02. The lowest BCUT2D eigenvalue weighted by molar-refractivity contribution is -0.137. The summed E-state index contributed by atoms with van der Waals surface area (Å²) in [5.74, 6) is 0.158. The van der Waals surface area contributed by atoms with Crippen LogP contribution in [0.25, 0.3) is 5.69 Å². The van der Waals surface area contributed by atoms with Crippen molar-refractivity contribution in [2.24, 2.45) is 4.99 Å². The van der Waals surface area contributed by atoms with E-state index in [-0.39, 0.29) is 12.2 Å². The Hall–Kier alpha value is -3.19. The zero-order valence-electron chi connectivity index (χ0n) is 14.3. The maximum absolute atomic E-state index is 11.4. The Morgan fingerprint density at radius 3 is 2.63 bits per heavy atom. The summed E-state index contributed by atoms with van der Waals surface area (Å²) in [6.45, 7) is 1.79. The molecule has 8 heteroatoms. The van der Waals surface area contributed by atoms with Gasteiger partial charge in [-0.1, -0.05) is 23.7 Å². The van der Waals surface area contributed by atoms with Gasteiger partial charge in [-0.2, -0.15) is 0 Å². The molecule has 2 aromatic carbocycles. The molecule has 2 heterocycles. The Morgan fingerprint density at radius 2 is 1.93 bits per heavy atom. The molecule has 1 atom stereocenters. The van der Waals surface area contributed by atoms with Gasteiger partial charge in [0.25, 0.3) is 0 Å². The second-order valence-electron chi connectivity index (χ2n) is 6.24. The number of aliphatic carboxylic acids is 1. The van der Waals surface area contributed by atoms with Gasteiger partial charge in [0, 0.05) is 16.1 Å². The highest BCUT2D eigenvalue weighted by molar-refractivity contribution is 6.30. The second-order valence-corrected chi connectivity index (χ2v) is 6.68. The molecule has 0 bridgehead atoms. The summed E-state index contributed by atoms with van der Waals surface area (Å²) >= 11 is 6.00. The van der Waals surface area contributed by atoms with Crippen molar-refractivity contribution in [3.05, 3.63) is 70.3 Å². The fourth-order valence-corrected chi connectivity index (χ4v) is 3.35. The maximum Gasteiger partial charge on any atom is 0.306 e. The first kappa shape index (κ1) is 17.2. The van der Waals surface area contributed by atoms with Crippen LogP contribution in [-0.2, 0) is 4.79 Å². The SMILES string of the molecule is Cc1nnc2n1-c1ccc(O)cc1C(c1ccc(Cl)cc1)=N[C@H]2CC(=O)O. The average Bonchev–Trinajstić information content (AvgIpc) is 2.94. The van der Waals surface area contributed by atoms with Gasteiger partial charge < -0.3 is 10.2 Å². The maximum atomic E-state index is 11.4. The molecule has 0 saturated carbocycles. The van der Waals surface area contributed by atoms with E-state index in [1.807, 2.05) is 12.1 Å². The predicted octanol–water partition coefficient (Wildman–Crippen LogP) is 3.30. The Morgan fingerprint density at radius 1 is 1.19 bits per heavy atom. The lowest BCUT2D eigenvalue weighted by Gasteiger charge is -2.13. The Kier molecular flexibility index (Phi) is 4.16. The third-order valence-corrected chi connectivity index (χ3v) is 4.65. The smallest absolute Gasteiger partial charge is 0.306 e. The van der Waals surface area contributed by atoms with Gasteiger partial charge in [0.05, 0.1) is 17.8 Å². The van der Waals surface area contributed by atoms with Gasteiger partial charge in [-0.15, -0.1) is 10.2 Å². The molecule has 2 N–H and O–H groups in total. The van der Waals surface area contributed by atoms with Gasteiger partial charge in [-0.05, 0) is 37.3 Å². The van der Waals surface area contributed by atoms with E-state index in [0.29, 0.717) is 27.9 Å². The minimum Gasteiger partial charge on any atom is -0.508 e. The van der Waals surface area contributed by atoms with E-state index < -0.39 is 12.0 Å². The topological polar surface area (TPSA) is 101 Å². The van der Waals surface area contributed by atoms with Crippen LogP contribution < -0.4 is 0 Å². The van der Waals surface area contributed by atoms with Gasteiger partial charge in [0.1, 0.15) is 17.6 Å². The number of aliphatic imine (C=N–C) groups is 1. The largest absolute Gasteiger partial charge is 0.508 e. The average molecular weight is 383 g/mol. The summed E-state index contributed by atoms with van der Waals surface area (Å²) < 4.78 is 1.79. The number of halogens is 1. The summed E-state index contributed by atoms with van der Waals surface area (Å²) in [5.41, 5.74) is 2.72. The number of fused-ring (bicyclic) bond motifs is 3. The number of carboxylic acid groups (broad SMARTS) is 1. The van der Waals surface area contributed by atoms with Crippen molar-refractivity contribution in [2.45, 2.75) is 19.4 Å². The standard InChI is InChI=1S/C19H15ClN4O3/c1-10-22-23-19-15(9-17(26)27)21-18(11-2-4-12(20)5-3-11)14-8-13(25)6-7-16(14)24(10)19/h2-8,15,25H,9H2,1H3,(H,26,27)/t15-/m0/s1. The van der Waals surface area contributed by atoms with Crippen LogP contribution in [0.1, 0.15) is 35.2 Å². The van der Waals surface area contributed by atoms with Crippen LogP contribution in [0.4, 0.5) is 0 Å². The molecule has 0 spiro atoms. The van der Waals surface area contributed by atoms with E-state index in [1.165, 1.54) is 0 Å². The zero-order valence-corrected chi connectivity index (χ0v) is 15.1. The number of phenols is 1.